The Labute approximate surface area is 175 Å². The molecule has 1 aliphatic rings. The zero-order valence-electron chi connectivity index (χ0n) is 15.0. The largest absolute Gasteiger partial charge is 0.322 e. The molecule has 0 unspecified atom stereocenters. The number of anilines is 1. The van der Waals surface area contributed by atoms with Gasteiger partial charge in [0.05, 0.1) is 16.0 Å². The van der Waals surface area contributed by atoms with E-state index in [-0.39, 0.29) is 16.9 Å². The Kier molecular flexibility index (Phi) is 5.66. The van der Waals surface area contributed by atoms with Gasteiger partial charge in [-0.3, -0.25) is 4.79 Å². The molecule has 0 atom stereocenters. The van der Waals surface area contributed by atoms with Crippen LogP contribution < -0.4 is 5.32 Å². The Morgan fingerprint density at radius 3 is 2.64 bits per heavy atom. The second-order valence-electron chi connectivity index (χ2n) is 6.29. The van der Waals surface area contributed by atoms with Crippen LogP contribution >= 0.6 is 35.1 Å². The number of hydrogen-bond donors (Lipinski definition) is 1. The van der Waals surface area contributed by atoms with Crippen molar-refractivity contribution < 1.29 is 9.18 Å². The number of aryl methyl sites for hydroxylation is 1. The molecule has 2 heterocycles. The SMILES string of the molecule is Cc1nn(-c2ccc(F)cc2)c(Cl)c1C(=O)Nc1cccc(C2SCCS2)c1. The first-order valence-corrected chi connectivity index (χ1v) is 11.2. The summed E-state index contributed by atoms with van der Waals surface area (Å²) >= 11 is 10.3. The van der Waals surface area contributed by atoms with Crippen LogP contribution in [-0.4, -0.2) is 27.2 Å². The molecule has 0 spiro atoms. The second kappa shape index (κ2) is 8.19. The van der Waals surface area contributed by atoms with E-state index in [4.69, 9.17) is 11.6 Å². The molecule has 1 amide bonds. The summed E-state index contributed by atoms with van der Waals surface area (Å²) in [5, 5.41) is 7.46. The predicted octanol–water partition coefficient (Wildman–Crippen LogP) is 5.70. The maximum atomic E-state index is 13.2. The van der Waals surface area contributed by atoms with Gasteiger partial charge in [0, 0.05) is 17.2 Å². The summed E-state index contributed by atoms with van der Waals surface area (Å²) in [6.07, 6.45) is 0. The normalized spacial score (nSPS) is 14.4. The molecule has 144 valence electrons. The van der Waals surface area contributed by atoms with Gasteiger partial charge in [0.1, 0.15) is 16.5 Å². The summed E-state index contributed by atoms with van der Waals surface area (Å²) in [6, 6.07) is 13.7. The number of halogens is 2. The molecule has 1 N–H and O–H groups in total. The highest BCUT2D eigenvalue weighted by Gasteiger charge is 2.22. The monoisotopic (exact) mass is 433 g/mol. The van der Waals surface area contributed by atoms with Crippen LogP contribution in [0.5, 0.6) is 0 Å². The molecule has 1 fully saturated rings. The molecule has 0 radical (unpaired) electrons. The summed E-state index contributed by atoms with van der Waals surface area (Å²) in [4.78, 5) is 12.9. The third-order valence-electron chi connectivity index (χ3n) is 4.34. The molecule has 4 nitrogen and oxygen atoms in total. The molecule has 3 aromatic rings. The number of aromatic nitrogens is 2. The minimum absolute atomic E-state index is 0.194. The van der Waals surface area contributed by atoms with E-state index in [0.717, 1.165) is 17.2 Å². The van der Waals surface area contributed by atoms with E-state index < -0.39 is 0 Å². The lowest BCUT2D eigenvalue weighted by Crippen LogP contribution is -2.13. The fraction of sp³-hybridized carbons (Fsp3) is 0.200. The van der Waals surface area contributed by atoms with E-state index >= 15 is 0 Å². The smallest absolute Gasteiger partial charge is 0.260 e. The van der Waals surface area contributed by atoms with Crippen LogP contribution in [0.4, 0.5) is 10.1 Å². The minimum atomic E-state index is -0.347. The van der Waals surface area contributed by atoms with E-state index in [9.17, 15) is 9.18 Å². The standard InChI is InChI=1S/C20H17ClFN3OS2/c1-12-17(18(21)25(24-12)16-7-5-14(22)6-8-16)19(26)23-15-4-2-3-13(11-15)20-27-9-10-28-20/h2-8,11,20H,9-10H2,1H3,(H,23,26). The van der Waals surface area contributed by atoms with Gasteiger partial charge in [-0.2, -0.15) is 5.10 Å². The van der Waals surface area contributed by atoms with Gasteiger partial charge in [-0.15, -0.1) is 23.5 Å². The number of thioether (sulfide) groups is 2. The summed E-state index contributed by atoms with van der Waals surface area (Å²) in [7, 11) is 0. The average molecular weight is 434 g/mol. The highest BCUT2D eigenvalue weighted by Crippen LogP contribution is 2.45. The number of hydrogen-bond acceptors (Lipinski definition) is 4. The van der Waals surface area contributed by atoms with Crippen molar-refractivity contribution in [1.29, 1.82) is 0 Å². The van der Waals surface area contributed by atoms with Gasteiger partial charge in [0.25, 0.3) is 5.91 Å². The summed E-state index contributed by atoms with van der Waals surface area (Å²) in [5.74, 6) is 1.62. The maximum Gasteiger partial charge on any atom is 0.260 e. The van der Waals surface area contributed by atoms with Crippen LogP contribution in [-0.2, 0) is 0 Å². The topological polar surface area (TPSA) is 46.9 Å². The van der Waals surface area contributed by atoms with Gasteiger partial charge in [-0.1, -0.05) is 23.7 Å². The lowest BCUT2D eigenvalue weighted by atomic mass is 10.2. The summed E-state index contributed by atoms with van der Waals surface area (Å²) in [6.45, 7) is 1.73. The van der Waals surface area contributed by atoms with E-state index in [1.165, 1.54) is 22.4 Å². The number of benzene rings is 2. The third kappa shape index (κ3) is 3.92. The number of amides is 1. The molecule has 2 aromatic carbocycles. The fourth-order valence-electron chi connectivity index (χ4n) is 3.02. The van der Waals surface area contributed by atoms with Crippen molar-refractivity contribution >= 4 is 46.7 Å². The Bertz CT molecular complexity index is 1020. The van der Waals surface area contributed by atoms with Crippen LogP contribution in [0, 0.1) is 12.7 Å². The van der Waals surface area contributed by atoms with Gasteiger partial charge in [0.15, 0.2) is 0 Å². The van der Waals surface area contributed by atoms with Crippen molar-refractivity contribution in [3.8, 4) is 5.69 Å². The van der Waals surface area contributed by atoms with Gasteiger partial charge >= 0.3 is 0 Å². The van der Waals surface area contributed by atoms with Crippen LogP contribution in [0.2, 0.25) is 5.15 Å². The van der Waals surface area contributed by atoms with Gasteiger partial charge in [0.2, 0.25) is 0 Å². The first-order chi connectivity index (χ1) is 13.5. The van der Waals surface area contributed by atoms with Crippen molar-refractivity contribution in [3.05, 3.63) is 76.3 Å². The van der Waals surface area contributed by atoms with Crippen molar-refractivity contribution in [3.63, 3.8) is 0 Å². The zero-order chi connectivity index (χ0) is 19.7. The van der Waals surface area contributed by atoms with Crippen molar-refractivity contribution in [2.24, 2.45) is 0 Å². The Morgan fingerprint density at radius 1 is 1.21 bits per heavy atom. The van der Waals surface area contributed by atoms with Gasteiger partial charge in [-0.25, -0.2) is 9.07 Å². The van der Waals surface area contributed by atoms with Gasteiger partial charge in [-0.05, 0) is 48.9 Å². The maximum absolute atomic E-state index is 13.2. The van der Waals surface area contributed by atoms with E-state index in [0.29, 0.717) is 21.5 Å². The Balaban J connectivity index is 1.59. The van der Waals surface area contributed by atoms with E-state index in [1.807, 2.05) is 41.7 Å². The highest BCUT2D eigenvalue weighted by atomic mass is 35.5. The lowest BCUT2D eigenvalue weighted by Gasteiger charge is -2.11. The van der Waals surface area contributed by atoms with Crippen LogP contribution in [0.15, 0.2) is 48.5 Å². The predicted molar refractivity (Wildman–Crippen MR) is 115 cm³/mol. The third-order valence-corrected chi connectivity index (χ3v) is 7.79. The number of nitrogens with one attached hydrogen (secondary N) is 1. The molecule has 0 saturated carbocycles. The molecule has 1 aliphatic heterocycles. The summed E-state index contributed by atoms with van der Waals surface area (Å²) in [5.41, 5.74) is 3.31. The van der Waals surface area contributed by atoms with Crippen LogP contribution in [0.3, 0.4) is 0 Å². The van der Waals surface area contributed by atoms with Gasteiger partial charge < -0.3 is 5.32 Å². The first kappa shape index (κ1) is 19.4. The number of carbonyl (C=O) groups is 1. The lowest BCUT2D eigenvalue weighted by molar-refractivity contribution is 0.102. The van der Waals surface area contributed by atoms with Crippen LogP contribution in [0.25, 0.3) is 5.69 Å². The molecule has 0 aliphatic carbocycles. The fourth-order valence-corrected chi connectivity index (χ4v) is 6.21. The van der Waals surface area contributed by atoms with E-state index in [2.05, 4.69) is 16.5 Å². The Morgan fingerprint density at radius 2 is 1.93 bits per heavy atom. The number of nitrogens with zero attached hydrogens (tertiary/aromatic N) is 2. The number of rotatable bonds is 4. The molecular weight excluding hydrogens is 417 g/mol. The minimum Gasteiger partial charge on any atom is -0.322 e. The molecule has 4 rings (SSSR count). The van der Waals surface area contributed by atoms with E-state index in [1.54, 1.807) is 19.1 Å². The van der Waals surface area contributed by atoms with Crippen molar-refractivity contribution in [1.82, 2.24) is 9.78 Å². The molecule has 1 saturated heterocycles. The van der Waals surface area contributed by atoms with Crippen molar-refractivity contribution in [2.75, 3.05) is 16.8 Å². The summed E-state index contributed by atoms with van der Waals surface area (Å²) < 4.78 is 15.0. The second-order valence-corrected chi connectivity index (χ2v) is 9.37. The number of carbonyl (C=O) groups excluding carboxylic acids is 1. The quantitative estimate of drug-likeness (QED) is 0.573. The highest BCUT2D eigenvalue weighted by molar-refractivity contribution is 8.19. The zero-order valence-corrected chi connectivity index (χ0v) is 17.4. The molecule has 1 aromatic heterocycles. The molecule has 0 bridgehead atoms. The molecule has 28 heavy (non-hydrogen) atoms. The first-order valence-electron chi connectivity index (χ1n) is 8.68. The van der Waals surface area contributed by atoms with Crippen molar-refractivity contribution in [2.45, 2.75) is 11.5 Å². The Hall–Kier alpha value is -1.96. The molecular formula is C20H17ClFN3OS2. The molecule has 8 heteroatoms. The average Bonchev–Trinajstić information content (AvgIpc) is 3.31. The van der Waals surface area contributed by atoms with Crippen LogP contribution in [0.1, 0.15) is 26.2 Å².